The minimum absolute atomic E-state index is 0.0382. The summed E-state index contributed by atoms with van der Waals surface area (Å²) in [7, 11) is 1.23. The van der Waals surface area contributed by atoms with Gasteiger partial charge in [0, 0.05) is 23.1 Å². The minimum Gasteiger partial charge on any atom is -0.469 e. The predicted octanol–water partition coefficient (Wildman–Crippen LogP) is 1.43. The molecular formula is C15H16Cl2N2O4. The molecule has 2 rings (SSSR count). The molecule has 1 N–H and O–H groups in total. The number of piperazine rings is 1. The Morgan fingerprint density at radius 2 is 2.00 bits per heavy atom. The van der Waals surface area contributed by atoms with Crippen molar-refractivity contribution in [1.29, 1.82) is 0 Å². The van der Waals surface area contributed by atoms with Gasteiger partial charge < -0.3 is 15.0 Å². The fourth-order valence-corrected chi connectivity index (χ4v) is 2.94. The summed E-state index contributed by atoms with van der Waals surface area (Å²) in [6, 6.07) is 4.09. The number of nitrogens with zero attached hydrogens (tertiary/aromatic N) is 1. The lowest BCUT2D eigenvalue weighted by Crippen LogP contribution is -2.58. The van der Waals surface area contributed by atoms with E-state index in [1.807, 2.05) is 0 Å². The first-order valence-electron chi connectivity index (χ1n) is 7.01. The van der Waals surface area contributed by atoms with E-state index in [1.165, 1.54) is 12.0 Å². The van der Waals surface area contributed by atoms with Crippen molar-refractivity contribution in [2.75, 3.05) is 20.2 Å². The summed E-state index contributed by atoms with van der Waals surface area (Å²) in [5.74, 6) is -1.25. The van der Waals surface area contributed by atoms with Gasteiger partial charge in [0.1, 0.15) is 6.04 Å². The first-order valence-corrected chi connectivity index (χ1v) is 7.76. The van der Waals surface area contributed by atoms with Gasteiger partial charge in [-0.05, 0) is 17.7 Å². The predicted molar refractivity (Wildman–Crippen MR) is 85.3 cm³/mol. The summed E-state index contributed by atoms with van der Waals surface area (Å²) in [6.07, 6.45) is -0.228. The normalized spacial score (nSPS) is 17.6. The molecule has 1 unspecified atom stereocenters. The summed E-state index contributed by atoms with van der Waals surface area (Å²) in [6.45, 7) is 0.646. The smallest absolute Gasteiger partial charge is 0.308 e. The van der Waals surface area contributed by atoms with Gasteiger partial charge >= 0.3 is 5.97 Å². The van der Waals surface area contributed by atoms with Crippen molar-refractivity contribution >= 4 is 41.0 Å². The van der Waals surface area contributed by atoms with Gasteiger partial charge in [0.25, 0.3) is 0 Å². The lowest BCUT2D eigenvalue weighted by Gasteiger charge is -2.34. The quantitative estimate of drug-likeness (QED) is 0.826. The van der Waals surface area contributed by atoms with E-state index in [4.69, 9.17) is 23.2 Å². The number of methoxy groups -OCH3 is 1. The number of benzene rings is 1. The van der Waals surface area contributed by atoms with E-state index < -0.39 is 12.0 Å². The van der Waals surface area contributed by atoms with Crippen LogP contribution < -0.4 is 5.32 Å². The molecule has 1 aromatic carbocycles. The third-order valence-electron chi connectivity index (χ3n) is 3.63. The number of hydrogen-bond donors (Lipinski definition) is 1. The minimum atomic E-state index is -0.884. The zero-order valence-electron chi connectivity index (χ0n) is 12.5. The Labute approximate surface area is 143 Å². The van der Waals surface area contributed by atoms with Crippen LogP contribution in [0.3, 0.4) is 0 Å². The van der Waals surface area contributed by atoms with E-state index in [1.54, 1.807) is 18.2 Å². The number of amides is 2. The zero-order chi connectivity index (χ0) is 17.0. The topological polar surface area (TPSA) is 75.7 Å². The molecule has 8 heteroatoms. The number of carbonyl (C=O) groups excluding carboxylic acids is 3. The van der Waals surface area contributed by atoms with E-state index in [0.717, 1.165) is 0 Å². The largest absolute Gasteiger partial charge is 0.469 e. The second-order valence-corrected chi connectivity index (χ2v) is 5.87. The van der Waals surface area contributed by atoms with Crippen LogP contribution in [-0.2, 0) is 25.5 Å². The molecule has 124 valence electrons. The number of ether oxygens (including phenoxy) is 1. The number of carbonyl (C=O) groups is 3. The molecule has 1 fully saturated rings. The van der Waals surface area contributed by atoms with E-state index in [9.17, 15) is 14.4 Å². The summed E-state index contributed by atoms with van der Waals surface area (Å²) in [5.41, 5.74) is 0.503. The van der Waals surface area contributed by atoms with Crippen molar-refractivity contribution in [2.24, 2.45) is 0 Å². The molecule has 0 radical (unpaired) electrons. The van der Waals surface area contributed by atoms with Gasteiger partial charge in [-0.2, -0.15) is 0 Å². The van der Waals surface area contributed by atoms with Crippen molar-refractivity contribution < 1.29 is 19.1 Å². The lowest BCUT2D eigenvalue weighted by molar-refractivity contribution is -0.150. The van der Waals surface area contributed by atoms with Gasteiger partial charge in [0.2, 0.25) is 11.8 Å². The molecule has 23 heavy (non-hydrogen) atoms. The number of rotatable bonds is 4. The molecule has 6 nitrogen and oxygen atoms in total. The van der Waals surface area contributed by atoms with E-state index in [0.29, 0.717) is 28.7 Å². The Bertz CT molecular complexity index is 616. The van der Waals surface area contributed by atoms with Gasteiger partial charge in [0.15, 0.2) is 0 Å². The fourth-order valence-electron chi connectivity index (χ4n) is 2.41. The Morgan fingerprint density at radius 3 is 2.61 bits per heavy atom. The molecular weight excluding hydrogens is 343 g/mol. The maximum atomic E-state index is 12.6. The lowest BCUT2D eigenvalue weighted by atomic mass is 10.1. The van der Waals surface area contributed by atoms with Crippen LogP contribution in [0.2, 0.25) is 10.0 Å². The van der Waals surface area contributed by atoms with Gasteiger partial charge in [-0.1, -0.05) is 29.3 Å². The highest BCUT2D eigenvalue weighted by atomic mass is 35.5. The highest BCUT2D eigenvalue weighted by molar-refractivity contribution is 6.36. The number of nitrogens with one attached hydrogen (secondary N) is 1. The molecule has 0 bridgehead atoms. The summed E-state index contributed by atoms with van der Waals surface area (Å²) < 4.78 is 4.59. The van der Waals surface area contributed by atoms with Crippen molar-refractivity contribution in [3.05, 3.63) is 33.8 Å². The summed E-state index contributed by atoms with van der Waals surface area (Å²) in [5, 5.41) is 3.41. The van der Waals surface area contributed by atoms with Crippen LogP contribution in [0.5, 0.6) is 0 Å². The molecule has 1 heterocycles. The van der Waals surface area contributed by atoms with Crippen LogP contribution in [0.4, 0.5) is 0 Å². The average molecular weight is 359 g/mol. The van der Waals surface area contributed by atoms with Crippen molar-refractivity contribution in [3.63, 3.8) is 0 Å². The van der Waals surface area contributed by atoms with Gasteiger partial charge in [-0.3, -0.25) is 14.4 Å². The van der Waals surface area contributed by atoms with E-state index in [2.05, 4.69) is 10.1 Å². The molecule has 0 saturated carbocycles. The van der Waals surface area contributed by atoms with Gasteiger partial charge in [0.05, 0.1) is 20.0 Å². The van der Waals surface area contributed by atoms with Crippen LogP contribution in [0.1, 0.15) is 12.0 Å². The highest BCUT2D eigenvalue weighted by Gasteiger charge is 2.35. The van der Waals surface area contributed by atoms with Crippen LogP contribution >= 0.6 is 23.2 Å². The fraction of sp³-hybridized carbons (Fsp3) is 0.400. The van der Waals surface area contributed by atoms with Crippen molar-refractivity contribution in [2.45, 2.75) is 18.9 Å². The number of hydrogen-bond acceptors (Lipinski definition) is 4. The maximum absolute atomic E-state index is 12.6. The zero-order valence-corrected chi connectivity index (χ0v) is 14.0. The second-order valence-electron chi connectivity index (χ2n) is 5.05. The molecule has 2 amide bonds. The summed E-state index contributed by atoms with van der Waals surface area (Å²) >= 11 is 12.2. The van der Waals surface area contributed by atoms with E-state index in [-0.39, 0.29) is 24.7 Å². The molecule has 1 aliphatic heterocycles. The third kappa shape index (κ3) is 4.14. The van der Waals surface area contributed by atoms with Crippen molar-refractivity contribution in [1.82, 2.24) is 10.2 Å². The number of esters is 1. The van der Waals surface area contributed by atoms with Crippen LogP contribution in [0, 0.1) is 0 Å². The molecule has 1 aliphatic rings. The molecule has 0 aliphatic carbocycles. The molecule has 1 atom stereocenters. The SMILES string of the molecule is COC(=O)CC1C(=O)NCCN1C(=O)Cc1c(Cl)cccc1Cl. The van der Waals surface area contributed by atoms with E-state index >= 15 is 0 Å². The van der Waals surface area contributed by atoms with Gasteiger partial charge in [-0.25, -0.2) is 0 Å². The van der Waals surface area contributed by atoms with Crippen LogP contribution in [0.15, 0.2) is 18.2 Å². The van der Waals surface area contributed by atoms with Crippen LogP contribution in [0.25, 0.3) is 0 Å². The number of halogens is 2. The monoisotopic (exact) mass is 358 g/mol. The Balaban J connectivity index is 2.18. The first-order chi connectivity index (χ1) is 10.9. The highest BCUT2D eigenvalue weighted by Crippen LogP contribution is 2.25. The average Bonchev–Trinajstić information content (AvgIpc) is 2.52. The standard InChI is InChI=1S/C15H16Cl2N2O4/c1-23-14(21)8-12-15(22)18-5-6-19(12)13(20)7-9-10(16)3-2-4-11(9)17/h2-4,12H,5-8H2,1H3,(H,18,22). The summed E-state index contributed by atoms with van der Waals surface area (Å²) in [4.78, 5) is 37.4. The Morgan fingerprint density at radius 1 is 1.35 bits per heavy atom. The second kappa shape index (κ2) is 7.66. The molecule has 1 saturated heterocycles. The molecule has 0 spiro atoms. The third-order valence-corrected chi connectivity index (χ3v) is 4.34. The van der Waals surface area contributed by atoms with Crippen molar-refractivity contribution in [3.8, 4) is 0 Å². The Kier molecular flexibility index (Phi) is 5.85. The maximum Gasteiger partial charge on any atom is 0.308 e. The first kappa shape index (κ1) is 17.6. The van der Waals surface area contributed by atoms with Crippen LogP contribution in [-0.4, -0.2) is 48.9 Å². The Hall–Kier alpha value is -1.79. The molecule has 0 aromatic heterocycles. The molecule has 1 aromatic rings. The van der Waals surface area contributed by atoms with Gasteiger partial charge in [-0.15, -0.1) is 0 Å².